The Balaban J connectivity index is 1.45. The van der Waals surface area contributed by atoms with Gasteiger partial charge in [-0.15, -0.1) is 0 Å². The van der Waals surface area contributed by atoms with Crippen molar-refractivity contribution in [2.45, 2.75) is 17.7 Å². The van der Waals surface area contributed by atoms with Crippen LogP contribution in [0.1, 0.15) is 24.0 Å². The molecule has 1 unspecified atom stereocenters. The number of fused-ring (bicyclic) bond motifs is 1. The van der Waals surface area contributed by atoms with Gasteiger partial charge in [-0.05, 0) is 42.7 Å². The molecule has 2 heterocycles. The van der Waals surface area contributed by atoms with E-state index in [0.717, 1.165) is 23.4 Å². The Hall–Kier alpha value is -4.97. The third kappa shape index (κ3) is 6.50. The van der Waals surface area contributed by atoms with Gasteiger partial charge in [-0.1, -0.05) is 54.6 Å². The fourth-order valence-electron chi connectivity index (χ4n) is 4.89. The monoisotopic (exact) mass is 587 g/mol. The third-order valence-electron chi connectivity index (χ3n) is 6.85. The number of para-hydroxylation sites is 1. The van der Waals surface area contributed by atoms with E-state index in [4.69, 9.17) is 5.11 Å². The first-order chi connectivity index (χ1) is 20.3. The van der Waals surface area contributed by atoms with E-state index in [-0.39, 0.29) is 23.0 Å². The molecule has 12 heteroatoms. The predicted octanol–water partition coefficient (Wildman–Crippen LogP) is 3.87. The lowest BCUT2D eigenvalue weighted by molar-refractivity contribution is -0.134. The highest BCUT2D eigenvalue weighted by Crippen LogP contribution is 2.35. The molecule has 0 radical (unpaired) electrons. The van der Waals surface area contributed by atoms with Gasteiger partial charge < -0.3 is 15.3 Å². The van der Waals surface area contributed by atoms with E-state index in [0.29, 0.717) is 29.9 Å². The summed E-state index contributed by atoms with van der Waals surface area (Å²) in [5.41, 5.74) is 5.51. The van der Waals surface area contributed by atoms with Crippen LogP contribution in [0.5, 0.6) is 0 Å². The van der Waals surface area contributed by atoms with Gasteiger partial charge in [0.1, 0.15) is 12.3 Å². The Morgan fingerprint density at radius 1 is 0.905 bits per heavy atom. The number of aliphatic carboxylic acids is 1. The maximum absolute atomic E-state index is 14.0. The molecular formula is C30H29N5O6S. The summed E-state index contributed by atoms with van der Waals surface area (Å²) in [6.07, 6.45) is 3.35. The summed E-state index contributed by atoms with van der Waals surface area (Å²) >= 11 is 0. The Morgan fingerprint density at radius 2 is 1.62 bits per heavy atom. The lowest BCUT2D eigenvalue weighted by atomic mass is 9.97. The normalized spacial score (nSPS) is 15.4. The van der Waals surface area contributed by atoms with Gasteiger partial charge in [0.05, 0.1) is 16.5 Å². The molecule has 5 amide bonds. The number of nitrogens with zero attached hydrogens (tertiary/aromatic N) is 3. The number of anilines is 2. The Kier molecular flexibility index (Phi) is 8.63. The lowest BCUT2D eigenvalue weighted by Crippen LogP contribution is -2.52. The first-order valence-corrected chi connectivity index (χ1v) is 14.6. The van der Waals surface area contributed by atoms with E-state index in [2.05, 4.69) is 10.7 Å². The van der Waals surface area contributed by atoms with Crippen LogP contribution in [0, 0.1) is 0 Å². The van der Waals surface area contributed by atoms with Gasteiger partial charge in [0, 0.05) is 41.0 Å². The number of hydrazine groups is 1. The Labute approximate surface area is 244 Å². The van der Waals surface area contributed by atoms with Gasteiger partial charge in [0.25, 0.3) is 0 Å². The molecule has 0 aromatic heterocycles. The van der Waals surface area contributed by atoms with Gasteiger partial charge in [-0.2, -0.15) is 0 Å². The maximum Gasteiger partial charge on any atom is 0.347 e. The molecular weight excluding hydrogens is 558 g/mol. The van der Waals surface area contributed by atoms with Crippen LogP contribution >= 0.6 is 0 Å². The molecule has 1 fully saturated rings. The van der Waals surface area contributed by atoms with Crippen molar-refractivity contribution in [2.24, 2.45) is 0 Å². The molecule has 2 aliphatic rings. The zero-order chi connectivity index (χ0) is 29.6. The van der Waals surface area contributed by atoms with Crippen molar-refractivity contribution in [1.29, 1.82) is 0 Å². The largest absolute Gasteiger partial charge is 0.481 e. The quantitative estimate of drug-likeness (QED) is 0.366. The van der Waals surface area contributed by atoms with E-state index < -0.39 is 34.6 Å². The first kappa shape index (κ1) is 28.6. The number of amides is 5. The van der Waals surface area contributed by atoms with E-state index in [1.165, 1.54) is 29.3 Å². The second-order valence-corrected chi connectivity index (χ2v) is 11.2. The minimum atomic E-state index is -1.80. The highest BCUT2D eigenvalue weighted by atomic mass is 32.2. The van der Waals surface area contributed by atoms with Gasteiger partial charge in [0.15, 0.2) is 0 Å². The number of rotatable bonds is 8. The number of benzene rings is 3. The zero-order valence-corrected chi connectivity index (χ0v) is 23.4. The van der Waals surface area contributed by atoms with Gasteiger partial charge in [-0.25, -0.2) is 20.0 Å². The molecule has 1 saturated heterocycles. The van der Waals surface area contributed by atoms with Crippen LogP contribution in [0.4, 0.5) is 21.0 Å². The number of nitrogens with one attached hydrogen (secondary N) is 2. The Morgan fingerprint density at radius 3 is 2.36 bits per heavy atom. The molecule has 3 N–H and O–H groups in total. The van der Waals surface area contributed by atoms with Crippen molar-refractivity contribution >= 4 is 51.7 Å². The Bertz CT molecular complexity index is 1570. The van der Waals surface area contributed by atoms with Crippen LogP contribution in [-0.2, 0) is 20.4 Å². The molecule has 0 bridgehead atoms. The summed E-state index contributed by atoms with van der Waals surface area (Å²) in [5.74, 6) is -1.97. The number of carbonyl (C=O) groups is 4. The number of carboxylic acids is 1. The molecule has 0 spiro atoms. The molecule has 11 nitrogen and oxygen atoms in total. The zero-order valence-electron chi connectivity index (χ0n) is 22.6. The van der Waals surface area contributed by atoms with Crippen LogP contribution < -0.4 is 15.6 Å². The minimum absolute atomic E-state index is 0.186. The van der Waals surface area contributed by atoms with Crippen LogP contribution in [0.25, 0.3) is 5.57 Å². The molecule has 3 aromatic carbocycles. The molecule has 2 aliphatic heterocycles. The molecule has 216 valence electrons. The average molecular weight is 588 g/mol. The minimum Gasteiger partial charge on any atom is -0.481 e. The van der Waals surface area contributed by atoms with Crippen LogP contribution in [0.3, 0.4) is 0 Å². The number of hydrogen-bond acceptors (Lipinski definition) is 5. The third-order valence-corrected chi connectivity index (χ3v) is 8.14. The van der Waals surface area contributed by atoms with Gasteiger partial charge >= 0.3 is 18.0 Å². The van der Waals surface area contributed by atoms with Crippen molar-refractivity contribution in [3.63, 3.8) is 0 Å². The summed E-state index contributed by atoms with van der Waals surface area (Å²) in [6.45, 7) is 1.07. The van der Waals surface area contributed by atoms with Crippen LogP contribution in [-0.4, -0.2) is 68.6 Å². The molecule has 5 rings (SSSR count). The van der Waals surface area contributed by atoms with E-state index in [9.17, 15) is 23.4 Å². The maximum atomic E-state index is 14.0. The van der Waals surface area contributed by atoms with Crippen molar-refractivity contribution in [3.05, 3.63) is 96.2 Å². The van der Waals surface area contributed by atoms with E-state index in [1.807, 2.05) is 42.5 Å². The molecule has 0 saturated carbocycles. The van der Waals surface area contributed by atoms with Crippen molar-refractivity contribution in [2.75, 3.05) is 35.6 Å². The number of likely N-dealkylation sites (tertiary alicyclic amines) is 1. The summed E-state index contributed by atoms with van der Waals surface area (Å²) in [4.78, 5) is 54.6. The van der Waals surface area contributed by atoms with Crippen LogP contribution in [0.15, 0.2) is 90.0 Å². The number of carboxylic acid groups (broad SMARTS) is 1. The highest BCUT2D eigenvalue weighted by Gasteiger charge is 2.33. The number of urea groups is 2. The van der Waals surface area contributed by atoms with Crippen molar-refractivity contribution in [3.8, 4) is 0 Å². The van der Waals surface area contributed by atoms with Gasteiger partial charge in [-0.3, -0.25) is 18.7 Å². The summed E-state index contributed by atoms with van der Waals surface area (Å²) in [6, 6.07) is 21.2. The van der Waals surface area contributed by atoms with Crippen molar-refractivity contribution < 1.29 is 28.5 Å². The summed E-state index contributed by atoms with van der Waals surface area (Å²) in [7, 11) is -1.80. The SMILES string of the molecule is O=C(O)CS(=O)c1cccc(NC(=O)NN2C=C(c3ccccc3)c3ccccc3N(CC(=O)N3CCCC3)C2=O)c1. The van der Waals surface area contributed by atoms with Crippen LogP contribution in [0.2, 0.25) is 0 Å². The highest BCUT2D eigenvalue weighted by molar-refractivity contribution is 7.85. The smallest absolute Gasteiger partial charge is 0.347 e. The summed E-state index contributed by atoms with van der Waals surface area (Å²) in [5, 5.41) is 12.6. The second-order valence-electron chi connectivity index (χ2n) is 9.73. The number of hydrogen-bond donors (Lipinski definition) is 3. The number of carbonyl (C=O) groups excluding carboxylic acids is 3. The van der Waals surface area contributed by atoms with Gasteiger partial charge in [0.2, 0.25) is 5.91 Å². The molecule has 1 atom stereocenters. The molecule has 3 aromatic rings. The fourth-order valence-corrected chi connectivity index (χ4v) is 5.77. The average Bonchev–Trinajstić information content (AvgIpc) is 3.50. The van der Waals surface area contributed by atoms with Crippen molar-refractivity contribution in [1.82, 2.24) is 15.3 Å². The summed E-state index contributed by atoms with van der Waals surface area (Å²) < 4.78 is 12.3. The predicted molar refractivity (Wildman–Crippen MR) is 158 cm³/mol. The van der Waals surface area contributed by atoms with E-state index in [1.54, 1.807) is 23.1 Å². The first-order valence-electron chi connectivity index (χ1n) is 13.3. The molecule has 0 aliphatic carbocycles. The lowest BCUT2D eigenvalue weighted by Gasteiger charge is -2.28. The second kappa shape index (κ2) is 12.7. The topological polar surface area (TPSA) is 139 Å². The molecule has 42 heavy (non-hydrogen) atoms. The fraction of sp³-hybridized carbons (Fsp3) is 0.200. The standard InChI is InChI=1S/C30H29N5O6S/c36-27(33-15-6-7-16-33)19-34-26-14-5-4-13-24(26)25(21-9-2-1-3-10-21)18-35(30(34)40)32-29(39)31-22-11-8-12-23(17-22)42(41)20-28(37)38/h1-5,8-14,17-18H,6-7,15-16,19-20H2,(H,37,38)(H2,31,32,39). The van der Waals surface area contributed by atoms with E-state index >= 15 is 0 Å².